The fourth-order valence-electron chi connectivity index (χ4n) is 3.64. The number of halogens is 3. The first-order chi connectivity index (χ1) is 14.8. The third-order valence-electron chi connectivity index (χ3n) is 5.29. The normalized spacial score (nSPS) is 18.1. The van der Waals surface area contributed by atoms with Crippen LogP contribution in [-0.4, -0.2) is 29.0 Å². The van der Waals surface area contributed by atoms with Crippen LogP contribution in [0.5, 0.6) is 5.75 Å². The number of anilines is 2. The number of fused-ring (bicyclic) bond motifs is 1. The van der Waals surface area contributed by atoms with Crippen molar-refractivity contribution in [2.45, 2.75) is 31.6 Å². The van der Waals surface area contributed by atoms with Crippen LogP contribution >= 0.6 is 0 Å². The molecule has 31 heavy (non-hydrogen) atoms. The van der Waals surface area contributed by atoms with E-state index in [1.54, 1.807) is 36.4 Å². The lowest BCUT2D eigenvalue weighted by Gasteiger charge is -2.34. The largest absolute Gasteiger partial charge is 0.497 e. The molecule has 3 aromatic rings. The number of carbonyl (C=O) groups excluding carboxylic acids is 1. The number of hydrogen-bond acceptors (Lipinski definition) is 4. The summed E-state index contributed by atoms with van der Waals surface area (Å²) in [5.74, 6) is 0.0371. The number of hydrogen-bond donors (Lipinski definition) is 2. The van der Waals surface area contributed by atoms with Gasteiger partial charge in [0.05, 0.1) is 19.3 Å². The molecule has 0 unspecified atom stereocenters. The summed E-state index contributed by atoms with van der Waals surface area (Å²) in [6, 6.07) is 11.4. The van der Waals surface area contributed by atoms with Crippen molar-refractivity contribution in [3.05, 3.63) is 71.4 Å². The number of ether oxygens (including phenoxy) is 1. The van der Waals surface area contributed by atoms with Gasteiger partial charge in [0.2, 0.25) is 0 Å². The van der Waals surface area contributed by atoms with Gasteiger partial charge in [-0.1, -0.05) is 29.8 Å². The van der Waals surface area contributed by atoms with Gasteiger partial charge in [-0.3, -0.25) is 4.79 Å². The standard InChI is InChI=1S/C22H21F3N4O2/c1-13-6-8-15(9-7-13)27-21(30)17-12-26-29-19(22(23,24)25)11-18(28-20(17)29)14-4-3-5-16(10-14)31-2/h3-10,12,18-19,28H,11H2,1-2H3,(H,27,30)/t18-,19-/m0/s1. The fraction of sp³-hybridized carbons (Fsp3) is 0.273. The van der Waals surface area contributed by atoms with E-state index in [0.717, 1.165) is 10.2 Å². The van der Waals surface area contributed by atoms with Crippen LogP contribution in [0.2, 0.25) is 0 Å². The van der Waals surface area contributed by atoms with E-state index >= 15 is 0 Å². The summed E-state index contributed by atoms with van der Waals surface area (Å²) in [7, 11) is 1.49. The van der Waals surface area contributed by atoms with Crippen molar-refractivity contribution >= 4 is 17.4 Å². The number of carbonyl (C=O) groups is 1. The number of aromatic nitrogens is 2. The molecule has 0 bridgehead atoms. The summed E-state index contributed by atoms with van der Waals surface area (Å²) in [5, 5.41) is 9.68. The zero-order valence-electron chi connectivity index (χ0n) is 16.9. The highest BCUT2D eigenvalue weighted by atomic mass is 19.4. The third kappa shape index (κ3) is 4.21. The van der Waals surface area contributed by atoms with Crippen molar-refractivity contribution in [3.63, 3.8) is 0 Å². The van der Waals surface area contributed by atoms with Gasteiger partial charge in [0.1, 0.15) is 17.1 Å². The fourth-order valence-corrected chi connectivity index (χ4v) is 3.64. The van der Waals surface area contributed by atoms with Crippen molar-refractivity contribution in [3.8, 4) is 5.75 Å². The molecule has 162 valence electrons. The maximum absolute atomic E-state index is 13.8. The Morgan fingerprint density at radius 2 is 1.97 bits per heavy atom. The highest BCUT2D eigenvalue weighted by Crippen LogP contribution is 2.44. The summed E-state index contributed by atoms with van der Waals surface area (Å²) in [6.07, 6.45) is -3.62. The van der Waals surface area contributed by atoms with Crippen LogP contribution in [0.15, 0.2) is 54.7 Å². The first kappa shape index (κ1) is 20.8. The van der Waals surface area contributed by atoms with Gasteiger partial charge in [0.25, 0.3) is 5.91 Å². The topological polar surface area (TPSA) is 68.2 Å². The Kier molecular flexibility index (Phi) is 5.34. The Labute approximate surface area is 177 Å². The summed E-state index contributed by atoms with van der Waals surface area (Å²) in [5.41, 5.74) is 2.24. The average Bonchev–Trinajstić information content (AvgIpc) is 3.18. The molecule has 1 aliphatic rings. The van der Waals surface area contributed by atoms with E-state index in [4.69, 9.17) is 4.74 Å². The Morgan fingerprint density at radius 3 is 2.65 bits per heavy atom. The molecule has 0 saturated carbocycles. The van der Waals surface area contributed by atoms with E-state index in [9.17, 15) is 18.0 Å². The van der Waals surface area contributed by atoms with Gasteiger partial charge in [-0.25, -0.2) is 4.68 Å². The zero-order valence-corrected chi connectivity index (χ0v) is 16.9. The van der Waals surface area contributed by atoms with Crippen molar-refractivity contribution in [2.24, 2.45) is 0 Å². The van der Waals surface area contributed by atoms with E-state index < -0.39 is 24.2 Å². The molecule has 2 N–H and O–H groups in total. The van der Waals surface area contributed by atoms with Crippen LogP contribution in [0.4, 0.5) is 24.7 Å². The number of benzene rings is 2. The molecule has 2 aromatic carbocycles. The molecule has 0 spiro atoms. The molecule has 2 atom stereocenters. The average molecular weight is 430 g/mol. The van der Waals surface area contributed by atoms with Crippen LogP contribution in [0, 0.1) is 6.92 Å². The molecule has 1 amide bonds. The monoisotopic (exact) mass is 430 g/mol. The second-order valence-corrected chi connectivity index (χ2v) is 7.44. The molecule has 0 saturated heterocycles. The van der Waals surface area contributed by atoms with Crippen molar-refractivity contribution in [2.75, 3.05) is 17.7 Å². The van der Waals surface area contributed by atoms with Gasteiger partial charge < -0.3 is 15.4 Å². The summed E-state index contributed by atoms with van der Waals surface area (Å²) in [6.45, 7) is 1.92. The number of methoxy groups -OCH3 is 1. The zero-order chi connectivity index (χ0) is 22.2. The van der Waals surface area contributed by atoms with Gasteiger partial charge in [0, 0.05) is 12.1 Å². The maximum atomic E-state index is 13.8. The molecule has 9 heteroatoms. The predicted molar refractivity (Wildman–Crippen MR) is 110 cm³/mol. The molecule has 1 aromatic heterocycles. The number of rotatable bonds is 4. The lowest BCUT2D eigenvalue weighted by molar-refractivity contribution is -0.173. The molecule has 0 aliphatic carbocycles. The highest BCUT2D eigenvalue weighted by Gasteiger charge is 2.47. The smallest absolute Gasteiger partial charge is 0.410 e. The highest BCUT2D eigenvalue weighted by molar-refractivity contribution is 6.07. The number of amides is 1. The summed E-state index contributed by atoms with van der Waals surface area (Å²) in [4.78, 5) is 12.8. The quantitative estimate of drug-likeness (QED) is 0.603. The minimum Gasteiger partial charge on any atom is -0.497 e. The lowest BCUT2D eigenvalue weighted by atomic mass is 9.96. The second-order valence-electron chi connectivity index (χ2n) is 7.44. The first-order valence-electron chi connectivity index (χ1n) is 9.69. The maximum Gasteiger partial charge on any atom is 0.410 e. The van der Waals surface area contributed by atoms with Gasteiger partial charge in [-0.2, -0.15) is 18.3 Å². The number of alkyl halides is 3. The van der Waals surface area contributed by atoms with Crippen LogP contribution in [-0.2, 0) is 0 Å². The molecule has 4 rings (SSSR count). The summed E-state index contributed by atoms with van der Waals surface area (Å²) < 4.78 is 47.6. The second kappa shape index (κ2) is 7.98. The lowest BCUT2D eigenvalue weighted by Crippen LogP contribution is -2.36. The van der Waals surface area contributed by atoms with Crippen molar-refractivity contribution in [1.29, 1.82) is 0 Å². The van der Waals surface area contributed by atoms with Crippen LogP contribution in [0.1, 0.15) is 40.0 Å². The molecule has 0 radical (unpaired) electrons. The molecule has 1 aliphatic heterocycles. The van der Waals surface area contributed by atoms with Crippen LogP contribution in [0.3, 0.4) is 0 Å². The number of nitrogens with one attached hydrogen (secondary N) is 2. The Morgan fingerprint density at radius 1 is 1.23 bits per heavy atom. The Hall–Kier alpha value is -3.49. The molecular weight excluding hydrogens is 409 g/mol. The van der Waals surface area contributed by atoms with Crippen LogP contribution < -0.4 is 15.4 Å². The van der Waals surface area contributed by atoms with Gasteiger partial charge in [0.15, 0.2) is 6.04 Å². The van der Waals surface area contributed by atoms with E-state index in [2.05, 4.69) is 15.7 Å². The van der Waals surface area contributed by atoms with E-state index in [1.807, 2.05) is 19.1 Å². The minimum absolute atomic E-state index is 0.0333. The number of nitrogens with zero attached hydrogens (tertiary/aromatic N) is 2. The molecule has 0 fully saturated rings. The Balaban J connectivity index is 1.68. The molecular formula is C22H21F3N4O2. The van der Waals surface area contributed by atoms with E-state index in [0.29, 0.717) is 17.0 Å². The first-order valence-corrected chi connectivity index (χ1v) is 9.69. The van der Waals surface area contributed by atoms with Gasteiger partial charge in [-0.05, 0) is 36.8 Å². The molecule has 6 nitrogen and oxygen atoms in total. The van der Waals surface area contributed by atoms with E-state index in [1.165, 1.54) is 13.3 Å². The SMILES string of the molecule is COc1cccc([C@@H]2C[C@@H](C(F)(F)F)n3ncc(C(=O)Nc4ccc(C)cc4)c3N2)c1. The van der Waals surface area contributed by atoms with Gasteiger partial charge >= 0.3 is 6.18 Å². The van der Waals surface area contributed by atoms with Crippen molar-refractivity contribution in [1.82, 2.24) is 9.78 Å². The van der Waals surface area contributed by atoms with Crippen LogP contribution in [0.25, 0.3) is 0 Å². The van der Waals surface area contributed by atoms with E-state index in [-0.39, 0.29) is 17.8 Å². The predicted octanol–water partition coefficient (Wildman–Crippen LogP) is 5.11. The Bertz CT molecular complexity index is 1090. The third-order valence-corrected chi connectivity index (χ3v) is 5.29. The van der Waals surface area contributed by atoms with Crippen molar-refractivity contribution < 1.29 is 22.7 Å². The minimum atomic E-state index is -4.52. The number of aryl methyl sites for hydroxylation is 1. The summed E-state index contributed by atoms with van der Waals surface area (Å²) >= 11 is 0. The van der Waals surface area contributed by atoms with Gasteiger partial charge in [-0.15, -0.1) is 0 Å². The molecule has 2 heterocycles.